The van der Waals surface area contributed by atoms with E-state index in [1.54, 1.807) is 0 Å². The maximum Gasteiger partial charge on any atom is 0.224 e. The third kappa shape index (κ3) is 4.52. The lowest BCUT2D eigenvalue weighted by Gasteiger charge is -2.22. The van der Waals surface area contributed by atoms with Gasteiger partial charge >= 0.3 is 0 Å². The molecule has 0 aliphatic heterocycles. The maximum absolute atomic E-state index is 11.7. The lowest BCUT2D eigenvalue weighted by molar-refractivity contribution is -0.124. The van der Waals surface area contributed by atoms with Crippen molar-refractivity contribution < 1.29 is 4.79 Å². The molecule has 1 atom stereocenters. The zero-order valence-electron chi connectivity index (χ0n) is 10.5. The van der Waals surface area contributed by atoms with Crippen LogP contribution in [-0.2, 0) is 4.79 Å². The molecule has 1 saturated carbocycles. The third-order valence-electron chi connectivity index (χ3n) is 3.72. The van der Waals surface area contributed by atoms with Gasteiger partial charge in [-0.25, -0.2) is 0 Å². The monoisotopic (exact) mass is 226 g/mol. The van der Waals surface area contributed by atoms with Gasteiger partial charge in [-0.05, 0) is 18.8 Å². The predicted octanol–water partition coefficient (Wildman–Crippen LogP) is 2.06. The van der Waals surface area contributed by atoms with E-state index in [0.717, 1.165) is 25.3 Å². The summed E-state index contributed by atoms with van der Waals surface area (Å²) in [5.74, 6) is 0.985. The summed E-state index contributed by atoms with van der Waals surface area (Å²) in [6.07, 6.45) is 8.83. The first-order valence-corrected chi connectivity index (χ1v) is 6.75. The van der Waals surface area contributed by atoms with E-state index in [9.17, 15) is 4.79 Å². The van der Waals surface area contributed by atoms with Gasteiger partial charge in [0, 0.05) is 19.0 Å². The Hall–Kier alpha value is -0.570. The fourth-order valence-electron chi connectivity index (χ4n) is 2.48. The second-order valence-corrected chi connectivity index (χ2v) is 4.92. The van der Waals surface area contributed by atoms with Crippen LogP contribution < -0.4 is 11.1 Å². The van der Waals surface area contributed by atoms with Crippen molar-refractivity contribution in [3.05, 3.63) is 0 Å². The van der Waals surface area contributed by atoms with Gasteiger partial charge in [0.15, 0.2) is 0 Å². The molecule has 0 aromatic rings. The first-order chi connectivity index (χ1) is 7.77. The van der Waals surface area contributed by atoms with Gasteiger partial charge < -0.3 is 11.1 Å². The average molecular weight is 226 g/mol. The van der Waals surface area contributed by atoms with Gasteiger partial charge in [0.25, 0.3) is 0 Å². The minimum Gasteiger partial charge on any atom is -0.356 e. The topological polar surface area (TPSA) is 55.1 Å². The summed E-state index contributed by atoms with van der Waals surface area (Å²) < 4.78 is 0. The molecule has 0 heterocycles. The van der Waals surface area contributed by atoms with Crippen LogP contribution in [0.1, 0.15) is 51.9 Å². The van der Waals surface area contributed by atoms with Crippen LogP contribution in [0, 0.1) is 11.8 Å². The largest absolute Gasteiger partial charge is 0.356 e. The highest BCUT2D eigenvalue weighted by atomic mass is 16.1. The van der Waals surface area contributed by atoms with Gasteiger partial charge in [-0.3, -0.25) is 4.79 Å². The lowest BCUT2D eigenvalue weighted by atomic mass is 9.87. The molecule has 0 radical (unpaired) electrons. The van der Waals surface area contributed by atoms with Gasteiger partial charge in [0.05, 0.1) is 0 Å². The highest BCUT2D eigenvalue weighted by Crippen LogP contribution is 2.25. The summed E-state index contributed by atoms with van der Waals surface area (Å²) in [4.78, 5) is 11.7. The molecule has 94 valence electrons. The van der Waals surface area contributed by atoms with Crippen LogP contribution in [0.2, 0.25) is 0 Å². The third-order valence-corrected chi connectivity index (χ3v) is 3.72. The molecule has 3 nitrogen and oxygen atoms in total. The summed E-state index contributed by atoms with van der Waals surface area (Å²) in [5.41, 5.74) is 5.54. The SMILES string of the molecule is CCC(CN)C(=O)NCCC1CCCCC1. The highest BCUT2D eigenvalue weighted by molar-refractivity contribution is 5.78. The number of rotatable bonds is 6. The molecule has 1 rings (SSSR count). The zero-order chi connectivity index (χ0) is 11.8. The summed E-state index contributed by atoms with van der Waals surface area (Å²) in [5, 5.41) is 3.01. The number of hydrogen-bond donors (Lipinski definition) is 2. The Bertz CT molecular complexity index is 196. The minimum absolute atomic E-state index is 0.00589. The van der Waals surface area contributed by atoms with Crippen molar-refractivity contribution in [3.63, 3.8) is 0 Å². The lowest BCUT2D eigenvalue weighted by Crippen LogP contribution is -2.35. The zero-order valence-corrected chi connectivity index (χ0v) is 10.5. The van der Waals surface area contributed by atoms with Crippen LogP contribution in [0.3, 0.4) is 0 Å². The van der Waals surface area contributed by atoms with Crippen LogP contribution in [0.15, 0.2) is 0 Å². The molecule has 0 aromatic heterocycles. The van der Waals surface area contributed by atoms with Crippen LogP contribution in [0.25, 0.3) is 0 Å². The fraction of sp³-hybridized carbons (Fsp3) is 0.923. The van der Waals surface area contributed by atoms with Crippen molar-refractivity contribution in [2.45, 2.75) is 51.9 Å². The van der Waals surface area contributed by atoms with Crippen LogP contribution in [0.4, 0.5) is 0 Å². The van der Waals surface area contributed by atoms with Crippen molar-refractivity contribution in [1.82, 2.24) is 5.32 Å². The molecule has 1 aliphatic rings. The minimum atomic E-state index is 0.00589. The van der Waals surface area contributed by atoms with Gasteiger partial charge in [-0.1, -0.05) is 39.0 Å². The van der Waals surface area contributed by atoms with Gasteiger partial charge in [0.1, 0.15) is 0 Å². The summed E-state index contributed by atoms with van der Waals surface area (Å²) in [6, 6.07) is 0. The van der Waals surface area contributed by atoms with Crippen LogP contribution >= 0.6 is 0 Å². The van der Waals surface area contributed by atoms with E-state index < -0.39 is 0 Å². The fourth-order valence-corrected chi connectivity index (χ4v) is 2.48. The second kappa shape index (κ2) is 7.66. The molecule has 1 aliphatic carbocycles. The average Bonchev–Trinajstić information content (AvgIpc) is 2.32. The van der Waals surface area contributed by atoms with Crippen molar-refractivity contribution >= 4 is 5.91 Å². The van der Waals surface area contributed by atoms with Crippen molar-refractivity contribution in [3.8, 4) is 0 Å². The first-order valence-electron chi connectivity index (χ1n) is 6.75. The van der Waals surface area contributed by atoms with Gasteiger partial charge in [-0.2, -0.15) is 0 Å². The molecule has 0 spiro atoms. The molecule has 1 amide bonds. The number of carbonyl (C=O) groups is 1. The normalized spacial score (nSPS) is 19.4. The van der Waals surface area contributed by atoms with Crippen molar-refractivity contribution in [2.24, 2.45) is 17.6 Å². The molecule has 16 heavy (non-hydrogen) atoms. The number of carbonyl (C=O) groups excluding carboxylic acids is 1. The quantitative estimate of drug-likeness (QED) is 0.728. The summed E-state index contributed by atoms with van der Waals surface area (Å²) in [7, 11) is 0. The van der Waals surface area contributed by atoms with Gasteiger partial charge in [0.2, 0.25) is 5.91 Å². The van der Waals surface area contributed by atoms with Crippen molar-refractivity contribution in [2.75, 3.05) is 13.1 Å². The first kappa shape index (κ1) is 13.5. The number of nitrogens with one attached hydrogen (secondary N) is 1. The molecule has 3 N–H and O–H groups in total. The molecule has 1 unspecified atom stereocenters. The van der Waals surface area contributed by atoms with E-state index in [0.29, 0.717) is 6.54 Å². The van der Waals surface area contributed by atoms with Gasteiger partial charge in [-0.15, -0.1) is 0 Å². The molecule has 0 saturated heterocycles. The van der Waals surface area contributed by atoms with E-state index in [1.165, 1.54) is 32.1 Å². The van der Waals surface area contributed by atoms with E-state index in [2.05, 4.69) is 5.32 Å². The Kier molecular flexibility index (Phi) is 6.46. The summed E-state index contributed by atoms with van der Waals surface area (Å²) >= 11 is 0. The molecule has 0 bridgehead atoms. The van der Waals surface area contributed by atoms with Crippen LogP contribution in [0.5, 0.6) is 0 Å². The molecular formula is C13H26N2O. The standard InChI is InChI=1S/C13H26N2O/c1-2-12(10-14)13(16)15-9-8-11-6-4-3-5-7-11/h11-12H,2-10,14H2,1H3,(H,15,16). The number of hydrogen-bond acceptors (Lipinski definition) is 2. The van der Waals surface area contributed by atoms with Crippen LogP contribution in [-0.4, -0.2) is 19.0 Å². The van der Waals surface area contributed by atoms with E-state index in [-0.39, 0.29) is 11.8 Å². The Morgan fingerprint density at radius 2 is 2.06 bits per heavy atom. The highest BCUT2D eigenvalue weighted by Gasteiger charge is 2.16. The molecule has 0 aromatic carbocycles. The molecule has 3 heteroatoms. The Balaban J connectivity index is 2.11. The maximum atomic E-state index is 11.7. The van der Waals surface area contributed by atoms with E-state index in [4.69, 9.17) is 5.73 Å². The Morgan fingerprint density at radius 1 is 1.38 bits per heavy atom. The molecular weight excluding hydrogens is 200 g/mol. The summed E-state index contributed by atoms with van der Waals surface area (Å²) in [6.45, 7) is 3.31. The second-order valence-electron chi connectivity index (χ2n) is 4.92. The number of nitrogens with two attached hydrogens (primary N) is 1. The van der Waals surface area contributed by atoms with Crippen molar-refractivity contribution in [1.29, 1.82) is 0 Å². The Morgan fingerprint density at radius 3 is 2.62 bits per heavy atom. The Labute approximate surface area is 99.2 Å². The van der Waals surface area contributed by atoms with E-state index >= 15 is 0 Å². The predicted molar refractivity (Wildman–Crippen MR) is 67.0 cm³/mol. The number of amides is 1. The molecule has 1 fully saturated rings. The smallest absolute Gasteiger partial charge is 0.224 e. The van der Waals surface area contributed by atoms with E-state index in [1.807, 2.05) is 6.92 Å².